The van der Waals surface area contributed by atoms with E-state index in [1.54, 1.807) is 0 Å². The highest BCUT2D eigenvalue weighted by Crippen LogP contribution is 2.59. The van der Waals surface area contributed by atoms with Gasteiger partial charge in [0.2, 0.25) is 5.82 Å². The number of hydrogen-bond acceptors (Lipinski definition) is 6. The number of rotatable bonds is 4. The summed E-state index contributed by atoms with van der Waals surface area (Å²) in [5.74, 6) is -1.15. The van der Waals surface area contributed by atoms with Crippen LogP contribution in [0.3, 0.4) is 0 Å². The van der Waals surface area contributed by atoms with Crippen LogP contribution in [0.1, 0.15) is 47.7 Å². The van der Waals surface area contributed by atoms with Gasteiger partial charge >= 0.3 is 6.18 Å². The van der Waals surface area contributed by atoms with Crippen molar-refractivity contribution in [2.45, 2.75) is 37.6 Å². The SMILES string of the molecule is COc1c([C@H]2[C@H](c3nc4c(C(=O)NN)nccc4[nH]3)O[C@@](C)(C(F)(F)F)[C@H]2C)ccc(F)c1F. The van der Waals surface area contributed by atoms with E-state index in [2.05, 4.69) is 15.0 Å². The number of carbonyl (C=O) groups excluding carboxylic acids is 1. The largest absolute Gasteiger partial charge is 0.493 e. The third kappa shape index (κ3) is 3.46. The Hall–Kier alpha value is -3.32. The lowest BCUT2D eigenvalue weighted by Crippen LogP contribution is -2.46. The van der Waals surface area contributed by atoms with Crippen LogP contribution in [-0.4, -0.2) is 39.7 Å². The molecule has 13 heteroatoms. The first kappa shape index (κ1) is 23.8. The molecule has 3 heterocycles. The van der Waals surface area contributed by atoms with Crippen molar-refractivity contribution in [1.82, 2.24) is 20.4 Å². The Bertz CT molecular complexity index is 1260. The van der Waals surface area contributed by atoms with E-state index in [1.807, 2.05) is 5.43 Å². The Kier molecular flexibility index (Phi) is 5.72. The fraction of sp³-hybridized carbons (Fsp3) is 0.381. The maximum Gasteiger partial charge on any atom is 0.417 e. The molecular weight excluding hydrogens is 465 g/mol. The Labute approximate surface area is 189 Å². The molecule has 0 aliphatic carbocycles. The number of nitrogen functional groups attached to an aromatic ring is 1. The molecule has 0 spiro atoms. The number of ether oxygens (including phenoxy) is 2. The van der Waals surface area contributed by atoms with Crippen molar-refractivity contribution in [2.24, 2.45) is 11.8 Å². The molecule has 4 atom stereocenters. The molecule has 1 amide bonds. The third-order valence-electron chi connectivity index (χ3n) is 6.35. The van der Waals surface area contributed by atoms with Crippen LogP contribution in [-0.2, 0) is 4.74 Å². The Morgan fingerprint density at radius 2 is 2.00 bits per heavy atom. The summed E-state index contributed by atoms with van der Waals surface area (Å²) in [6.07, 6.45) is -4.90. The molecular formula is C21H20F5N5O3. The number of aromatic nitrogens is 3. The predicted molar refractivity (Wildman–Crippen MR) is 109 cm³/mol. The van der Waals surface area contributed by atoms with Crippen LogP contribution < -0.4 is 16.0 Å². The number of benzene rings is 1. The second-order valence-corrected chi connectivity index (χ2v) is 8.09. The molecule has 1 fully saturated rings. The number of aromatic amines is 1. The molecule has 34 heavy (non-hydrogen) atoms. The maximum atomic E-state index is 14.5. The van der Waals surface area contributed by atoms with Crippen molar-refractivity contribution < 1.29 is 36.2 Å². The standard InChI is InChI=1S/C21H20F5N5O3/c1-8-12(9-4-5-10(22)13(23)16(9)33-3)17(34-20(8,2)21(24,25)26)18-29-11-6-7-28-15(14(11)30-18)19(32)31-27/h4-8,12,17H,27H2,1-3H3,(H,29,30)(H,31,32)/t8-,12-,17+,20+/m0/s1. The van der Waals surface area contributed by atoms with E-state index in [9.17, 15) is 26.7 Å². The lowest BCUT2D eigenvalue weighted by atomic mass is 9.77. The van der Waals surface area contributed by atoms with Crippen LogP contribution in [0.5, 0.6) is 5.75 Å². The minimum atomic E-state index is -4.80. The number of halogens is 5. The first-order valence-electron chi connectivity index (χ1n) is 10.1. The Morgan fingerprint density at radius 3 is 2.62 bits per heavy atom. The summed E-state index contributed by atoms with van der Waals surface area (Å²) in [7, 11) is 1.09. The number of amides is 1. The first-order chi connectivity index (χ1) is 15.9. The number of H-pyrrole nitrogens is 1. The highest BCUT2D eigenvalue weighted by Gasteiger charge is 2.65. The van der Waals surface area contributed by atoms with Gasteiger partial charge in [-0.2, -0.15) is 17.6 Å². The molecule has 0 bridgehead atoms. The van der Waals surface area contributed by atoms with Gasteiger partial charge < -0.3 is 14.5 Å². The number of nitrogens with two attached hydrogens (primary N) is 1. The topological polar surface area (TPSA) is 115 Å². The quantitative estimate of drug-likeness (QED) is 0.225. The number of hydrogen-bond donors (Lipinski definition) is 3. The van der Waals surface area contributed by atoms with E-state index in [0.717, 1.165) is 26.2 Å². The van der Waals surface area contributed by atoms with Crippen LogP contribution in [0.15, 0.2) is 24.4 Å². The molecule has 182 valence electrons. The highest BCUT2D eigenvalue weighted by molar-refractivity contribution is 6.02. The van der Waals surface area contributed by atoms with E-state index in [-0.39, 0.29) is 28.1 Å². The summed E-state index contributed by atoms with van der Waals surface area (Å²) in [4.78, 5) is 23.1. The number of nitrogens with zero attached hydrogens (tertiary/aromatic N) is 2. The zero-order valence-electron chi connectivity index (χ0n) is 18.1. The molecule has 1 aliphatic rings. The monoisotopic (exact) mass is 485 g/mol. The van der Waals surface area contributed by atoms with E-state index in [4.69, 9.17) is 15.3 Å². The molecule has 8 nitrogen and oxygen atoms in total. The van der Waals surface area contributed by atoms with Crippen LogP contribution in [0.2, 0.25) is 0 Å². The van der Waals surface area contributed by atoms with E-state index in [0.29, 0.717) is 0 Å². The highest BCUT2D eigenvalue weighted by atomic mass is 19.4. The van der Waals surface area contributed by atoms with Gasteiger partial charge in [0.15, 0.2) is 22.9 Å². The number of nitrogens with one attached hydrogen (secondary N) is 2. The number of methoxy groups -OCH3 is 1. The lowest BCUT2D eigenvalue weighted by molar-refractivity contribution is -0.275. The van der Waals surface area contributed by atoms with E-state index < -0.39 is 53.0 Å². The van der Waals surface area contributed by atoms with Gasteiger partial charge in [0.1, 0.15) is 17.4 Å². The summed E-state index contributed by atoms with van der Waals surface area (Å²) in [5.41, 5.74) is -0.579. The molecule has 1 aliphatic heterocycles. The first-order valence-corrected chi connectivity index (χ1v) is 10.1. The summed E-state index contributed by atoms with van der Waals surface area (Å²) < 4.78 is 81.3. The molecule has 2 aromatic heterocycles. The van der Waals surface area contributed by atoms with Crippen molar-refractivity contribution in [3.8, 4) is 5.75 Å². The van der Waals surface area contributed by atoms with Crippen LogP contribution in [0.25, 0.3) is 11.0 Å². The Balaban J connectivity index is 1.93. The molecule has 1 aromatic carbocycles. The van der Waals surface area contributed by atoms with Crippen LogP contribution >= 0.6 is 0 Å². The van der Waals surface area contributed by atoms with Gasteiger partial charge in [-0.15, -0.1) is 0 Å². The number of fused-ring (bicyclic) bond motifs is 1. The van der Waals surface area contributed by atoms with Crippen molar-refractivity contribution in [3.05, 3.63) is 53.1 Å². The fourth-order valence-electron chi connectivity index (χ4n) is 4.37. The minimum absolute atomic E-state index is 0.0228. The molecule has 3 aromatic rings. The number of alkyl halides is 3. The Morgan fingerprint density at radius 1 is 1.29 bits per heavy atom. The smallest absolute Gasteiger partial charge is 0.417 e. The van der Waals surface area contributed by atoms with Crippen molar-refractivity contribution >= 4 is 16.9 Å². The van der Waals surface area contributed by atoms with Crippen molar-refractivity contribution in [3.63, 3.8) is 0 Å². The summed E-state index contributed by atoms with van der Waals surface area (Å²) in [6, 6.07) is 3.44. The summed E-state index contributed by atoms with van der Waals surface area (Å²) in [6.45, 7) is 2.19. The minimum Gasteiger partial charge on any atom is -0.493 e. The van der Waals surface area contributed by atoms with Gasteiger partial charge in [-0.05, 0) is 19.1 Å². The van der Waals surface area contributed by atoms with E-state index >= 15 is 0 Å². The van der Waals surface area contributed by atoms with Gasteiger partial charge in [-0.3, -0.25) is 10.2 Å². The second kappa shape index (κ2) is 8.17. The molecule has 1 saturated heterocycles. The van der Waals surface area contributed by atoms with Gasteiger partial charge in [0.25, 0.3) is 5.91 Å². The maximum absolute atomic E-state index is 14.5. The van der Waals surface area contributed by atoms with Gasteiger partial charge in [-0.1, -0.05) is 13.0 Å². The lowest BCUT2D eigenvalue weighted by Gasteiger charge is -2.32. The van der Waals surface area contributed by atoms with Gasteiger partial charge in [0.05, 0.1) is 12.6 Å². The number of hydrazine groups is 1. The number of imidazole rings is 1. The van der Waals surface area contributed by atoms with Gasteiger partial charge in [0, 0.05) is 23.6 Å². The average Bonchev–Trinajstić information content (AvgIpc) is 3.34. The van der Waals surface area contributed by atoms with Crippen molar-refractivity contribution in [2.75, 3.05) is 7.11 Å². The van der Waals surface area contributed by atoms with Crippen LogP contribution in [0, 0.1) is 17.6 Å². The van der Waals surface area contributed by atoms with E-state index in [1.165, 1.54) is 19.2 Å². The normalized spacial score (nSPS) is 25.0. The zero-order chi connectivity index (χ0) is 25.0. The molecule has 4 N–H and O–H groups in total. The second-order valence-electron chi connectivity index (χ2n) is 8.09. The van der Waals surface area contributed by atoms with Crippen LogP contribution in [0.4, 0.5) is 22.0 Å². The average molecular weight is 485 g/mol. The number of carbonyl (C=O) groups is 1. The number of pyridine rings is 1. The zero-order valence-corrected chi connectivity index (χ0v) is 18.1. The fourth-order valence-corrected chi connectivity index (χ4v) is 4.37. The third-order valence-corrected chi connectivity index (χ3v) is 6.35. The van der Waals surface area contributed by atoms with Gasteiger partial charge in [-0.25, -0.2) is 20.2 Å². The predicted octanol–water partition coefficient (Wildman–Crippen LogP) is 3.66. The molecule has 0 unspecified atom stereocenters. The van der Waals surface area contributed by atoms with Crippen molar-refractivity contribution in [1.29, 1.82) is 0 Å². The molecule has 0 saturated carbocycles. The molecule has 0 radical (unpaired) electrons. The molecule has 4 rings (SSSR count). The summed E-state index contributed by atoms with van der Waals surface area (Å²) in [5, 5.41) is 0. The summed E-state index contributed by atoms with van der Waals surface area (Å²) >= 11 is 0.